The zero-order valence-electron chi connectivity index (χ0n) is 9.63. The molecular weight excluding hydrogens is 349 g/mol. The van der Waals surface area contributed by atoms with Crippen LogP contribution in [0.4, 0.5) is 5.13 Å². The minimum absolute atomic E-state index is 0. The van der Waals surface area contributed by atoms with Gasteiger partial charge in [0.1, 0.15) is 0 Å². The molecular formula is C10H18IN5S. The van der Waals surface area contributed by atoms with E-state index in [1.165, 1.54) is 12.8 Å². The summed E-state index contributed by atoms with van der Waals surface area (Å²) in [6.45, 7) is 2.90. The lowest BCUT2D eigenvalue weighted by Crippen LogP contribution is -2.23. The number of thiazole rings is 1. The molecule has 0 saturated carbocycles. The van der Waals surface area contributed by atoms with Crippen molar-refractivity contribution < 1.29 is 0 Å². The SMILES string of the molecule is I.NC(N)=NCCc1csc(N2CCCC2)n1. The lowest BCUT2D eigenvalue weighted by Gasteiger charge is -2.12. The van der Waals surface area contributed by atoms with Crippen molar-refractivity contribution in [1.29, 1.82) is 0 Å². The van der Waals surface area contributed by atoms with Crippen molar-refractivity contribution >= 4 is 46.4 Å². The first-order valence-electron chi connectivity index (χ1n) is 5.50. The van der Waals surface area contributed by atoms with Crippen LogP contribution < -0.4 is 16.4 Å². The molecule has 1 fully saturated rings. The zero-order valence-corrected chi connectivity index (χ0v) is 12.8. The molecule has 7 heteroatoms. The van der Waals surface area contributed by atoms with Crippen LogP contribution in [0.3, 0.4) is 0 Å². The third-order valence-electron chi connectivity index (χ3n) is 2.58. The lowest BCUT2D eigenvalue weighted by molar-refractivity contribution is 0.906. The van der Waals surface area contributed by atoms with Gasteiger partial charge in [0.15, 0.2) is 11.1 Å². The molecule has 0 atom stereocenters. The van der Waals surface area contributed by atoms with Crippen LogP contribution in [0.25, 0.3) is 0 Å². The molecule has 5 nitrogen and oxygen atoms in total. The molecule has 1 aliphatic heterocycles. The Morgan fingerprint density at radius 1 is 1.41 bits per heavy atom. The summed E-state index contributed by atoms with van der Waals surface area (Å²) in [6, 6.07) is 0. The van der Waals surface area contributed by atoms with Gasteiger partial charge in [0.2, 0.25) is 0 Å². The monoisotopic (exact) mass is 367 g/mol. The molecule has 96 valence electrons. The summed E-state index contributed by atoms with van der Waals surface area (Å²) < 4.78 is 0. The fourth-order valence-corrected chi connectivity index (χ4v) is 2.68. The van der Waals surface area contributed by atoms with Crippen molar-refractivity contribution in [3.8, 4) is 0 Å². The molecule has 2 rings (SSSR count). The number of nitrogens with two attached hydrogens (primary N) is 2. The molecule has 2 heterocycles. The molecule has 1 saturated heterocycles. The minimum Gasteiger partial charge on any atom is -0.370 e. The molecule has 0 bridgehead atoms. The standard InChI is InChI=1S/C10H17N5S.HI/c11-9(12)13-4-3-8-7-16-10(14-8)15-5-1-2-6-15;/h7H,1-6H2,(H4,11,12,13);1H. The van der Waals surface area contributed by atoms with Gasteiger partial charge in [-0.15, -0.1) is 35.3 Å². The number of guanidine groups is 1. The van der Waals surface area contributed by atoms with Crippen LogP contribution >= 0.6 is 35.3 Å². The number of rotatable bonds is 4. The summed E-state index contributed by atoms with van der Waals surface area (Å²) in [7, 11) is 0. The van der Waals surface area contributed by atoms with Gasteiger partial charge in [0.25, 0.3) is 0 Å². The molecule has 4 N–H and O–H groups in total. The number of anilines is 1. The number of aromatic nitrogens is 1. The normalized spacial score (nSPS) is 14.5. The number of halogens is 1. The van der Waals surface area contributed by atoms with E-state index < -0.39 is 0 Å². The van der Waals surface area contributed by atoms with Gasteiger partial charge < -0.3 is 16.4 Å². The van der Waals surface area contributed by atoms with Crippen molar-refractivity contribution in [2.75, 3.05) is 24.5 Å². The first kappa shape index (κ1) is 14.5. The van der Waals surface area contributed by atoms with E-state index >= 15 is 0 Å². The number of aliphatic imine (C=N–C) groups is 1. The summed E-state index contributed by atoms with van der Waals surface area (Å²) in [5, 5.41) is 3.23. The van der Waals surface area contributed by atoms with Crippen LogP contribution in [-0.2, 0) is 6.42 Å². The number of hydrogen-bond acceptors (Lipinski definition) is 4. The third-order valence-corrected chi connectivity index (χ3v) is 3.53. The van der Waals surface area contributed by atoms with Crippen molar-refractivity contribution in [2.24, 2.45) is 16.5 Å². The molecule has 0 amide bonds. The van der Waals surface area contributed by atoms with Gasteiger partial charge in [-0.1, -0.05) is 0 Å². The highest BCUT2D eigenvalue weighted by molar-refractivity contribution is 14.0. The van der Waals surface area contributed by atoms with Gasteiger partial charge in [-0.2, -0.15) is 0 Å². The highest BCUT2D eigenvalue weighted by atomic mass is 127. The van der Waals surface area contributed by atoms with E-state index in [-0.39, 0.29) is 29.9 Å². The minimum atomic E-state index is 0. The molecule has 1 aromatic heterocycles. The van der Waals surface area contributed by atoms with E-state index in [1.807, 2.05) is 0 Å². The smallest absolute Gasteiger partial charge is 0.185 e. The van der Waals surface area contributed by atoms with E-state index in [2.05, 4.69) is 20.3 Å². The van der Waals surface area contributed by atoms with Crippen LogP contribution in [0.1, 0.15) is 18.5 Å². The van der Waals surface area contributed by atoms with Gasteiger partial charge >= 0.3 is 0 Å². The summed E-state index contributed by atoms with van der Waals surface area (Å²) in [5.41, 5.74) is 11.6. The Kier molecular flexibility index (Phi) is 5.96. The van der Waals surface area contributed by atoms with Crippen LogP contribution in [0.15, 0.2) is 10.4 Å². The van der Waals surface area contributed by atoms with Crippen LogP contribution in [-0.4, -0.2) is 30.6 Å². The second-order valence-electron chi connectivity index (χ2n) is 3.87. The summed E-state index contributed by atoms with van der Waals surface area (Å²) in [6.07, 6.45) is 3.37. The molecule has 0 radical (unpaired) electrons. The quantitative estimate of drug-likeness (QED) is 0.476. The molecule has 1 aliphatic rings. The fraction of sp³-hybridized carbons (Fsp3) is 0.600. The maximum absolute atomic E-state index is 5.26. The van der Waals surface area contributed by atoms with Crippen molar-refractivity contribution in [1.82, 2.24) is 4.98 Å². The molecule has 0 spiro atoms. The molecule has 0 aliphatic carbocycles. The van der Waals surface area contributed by atoms with E-state index in [0.29, 0.717) is 6.54 Å². The van der Waals surface area contributed by atoms with Crippen LogP contribution in [0.5, 0.6) is 0 Å². The first-order chi connectivity index (χ1) is 7.75. The number of nitrogens with zero attached hydrogens (tertiary/aromatic N) is 3. The predicted molar refractivity (Wildman–Crippen MR) is 83.4 cm³/mol. The Hall–Kier alpha value is -0.570. The zero-order chi connectivity index (χ0) is 11.4. The van der Waals surface area contributed by atoms with Gasteiger partial charge in [0.05, 0.1) is 5.69 Å². The van der Waals surface area contributed by atoms with Gasteiger partial charge in [-0.05, 0) is 12.8 Å². The maximum atomic E-state index is 5.26. The predicted octanol–water partition coefficient (Wildman–Crippen LogP) is 1.18. The summed E-state index contributed by atoms with van der Waals surface area (Å²) in [5.74, 6) is 0.148. The van der Waals surface area contributed by atoms with Gasteiger partial charge in [-0.3, -0.25) is 4.99 Å². The van der Waals surface area contributed by atoms with E-state index in [9.17, 15) is 0 Å². The Morgan fingerprint density at radius 3 is 2.76 bits per heavy atom. The second-order valence-corrected chi connectivity index (χ2v) is 4.71. The molecule has 0 aromatic carbocycles. The molecule has 1 aromatic rings. The number of hydrogen-bond donors (Lipinski definition) is 2. The van der Waals surface area contributed by atoms with Crippen molar-refractivity contribution in [3.05, 3.63) is 11.1 Å². The highest BCUT2D eigenvalue weighted by Crippen LogP contribution is 2.24. The molecule has 17 heavy (non-hydrogen) atoms. The Labute approximate surface area is 122 Å². The van der Waals surface area contributed by atoms with Crippen LogP contribution in [0.2, 0.25) is 0 Å². The fourth-order valence-electron chi connectivity index (χ4n) is 1.76. The maximum Gasteiger partial charge on any atom is 0.185 e. The lowest BCUT2D eigenvalue weighted by atomic mass is 10.3. The van der Waals surface area contributed by atoms with E-state index in [4.69, 9.17) is 11.5 Å². The Balaban J connectivity index is 0.00000144. The average molecular weight is 367 g/mol. The molecule has 0 unspecified atom stereocenters. The average Bonchev–Trinajstić information content (AvgIpc) is 2.85. The Morgan fingerprint density at radius 2 is 2.12 bits per heavy atom. The highest BCUT2D eigenvalue weighted by Gasteiger charge is 2.15. The Bertz CT molecular complexity index is 369. The third kappa shape index (κ3) is 4.30. The van der Waals surface area contributed by atoms with Crippen molar-refractivity contribution in [3.63, 3.8) is 0 Å². The van der Waals surface area contributed by atoms with Gasteiger partial charge in [0, 0.05) is 31.4 Å². The van der Waals surface area contributed by atoms with E-state index in [1.54, 1.807) is 11.3 Å². The summed E-state index contributed by atoms with van der Waals surface area (Å²) >= 11 is 1.71. The first-order valence-corrected chi connectivity index (χ1v) is 6.38. The largest absolute Gasteiger partial charge is 0.370 e. The van der Waals surface area contributed by atoms with E-state index in [0.717, 1.165) is 30.3 Å². The van der Waals surface area contributed by atoms with Crippen LogP contribution in [0, 0.1) is 0 Å². The van der Waals surface area contributed by atoms with Gasteiger partial charge in [-0.25, -0.2) is 4.98 Å². The summed E-state index contributed by atoms with van der Waals surface area (Å²) in [4.78, 5) is 10.9. The van der Waals surface area contributed by atoms with Crippen molar-refractivity contribution in [2.45, 2.75) is 19.3 Å². The second kappa shape index (κ2) is 7.00. The topological polar surface area (TPSA) is 80.5 Å².